The molecule has 1 aromatic rings. The second-order valence-corrected chi connectivity index (χ2v) is 4.86. The third kappa shape index (κ3) is 2.59. The first-order chi connectivity index (χ1) is 8.71. The maximum Gasteiger partial charge on any atom is 0.103 e. The molecule has 0 atom stereocenters. The standard InChI is InChI=1S/C13H15ClN2O2/c14-11-2-1-3-12(10(11)8-15)16-13(9-17)4-6-18-7-5-13/h1-3,16-17H,4-7,9H2. The zero-order valence-electron chi connectivity index (χ0n) is 9.95. The molecule has 1 fully saturated rings. The van der Waals surface area contributed by atoms with Crippen LogP contribution in [0.15, 0.2) is 18.2 Å². The van der Waals surface area contributed by atoms with Crippen LogP contribution in [0.1, 0.15) is 18.4 Å². The Morgan fingerprint density at radius 2 is 2.17 bits per heavy atom. The minimum atomic E-state index is -0.422. The first-order valence-corrected chi connectivity index (χ1v) is 6.24. The number of aliphatic hydroxyl groups is 1. The summed E-state index contributed by atoms with van der Waals surface area (Å²) in [6, 6.07) is 7.36. The predicted molar refractivity (Wildman–Crippen MR) is 69.7 cm³/mol. The van der Waals surface area contributed by atoms with Gasteiger partial charge in [-0.1, -0.05) is 17.7 Å². The number of nitrogens with zero attached hydrogens (tertiary/aromatic N) is 1. The molecule has 1 aliphatic rings. The molecule has 4 nitrogen and oxygen atoms in total. The van der Waals surface area contributed by atoms with E-state index in [0.29, 0.717) is 42.3 Å². The second-order valence-electron chi connectivity index (χ2n) is 4.45. The number of benzene rings is 1. The largest absolute Gasteiger partial charge is 0.394 e. The lowest BCUT2D eigenvalue weighted by atomic mass is 9.90. The van der Waals surface area contributed by atoms with Crippen LogP contribution in [0.2, 0.25) is 5.02 Å². The van der Waals surface area contributed by atoms with Gasteiger partial charge in [-0.15, -0.1) is 0 Å². The first-order valence-electron chi connectivity index (χ1n) is 5.86. The number of hydrogen-bond acceptors (Lipinski definition) is 4. The van der Waals surface area contributed by atoms with Crippen LogP contribution in [0.4, 0.5) is 5.69 Å². The Bertz CT molecular complexity index is 465. The van der Waals surface area contributed by atoms with E-state index in [2.05, 4.69) is 11.4 Å². The minimum absolute atomic E-state index is 0.00768. The molecule has 18 heavy (non-hydrogen) atoms. The summed E-state index contributed by atoms with van der Waals surface area (Å²) < 4.78 is 5.30. The van der Waals surface area contributed by atoms with Gasteiger partial charge in [-0.05, 0) is 25.0 Å². The van der Waals surface area contributed by atoms with Gasteiger partial charge in [0.2, 0.25) is 0 Å². The topological polar surface area (TPSA) is 65.3 Å². The highest BCUT2D eigenvalue weighted by molar-refractivity contribution is 6.32. The average molecular weight is 267 g/mol. The molecule has 1 saturated heterocycles. The van der Waals surface area contributed by atoms with Gasteiger partial charge in [-0.3, -0.25) is 0 Å². The zero-order valence-corrected chi connectivity index (χ0v) is 10.7. The van der Waals surface area contributed by atoms with Crippen molar-refractivity contribution >= 4 is 17.3 Å². The number of nitrogens with one attached hydrogen (secondary N) is 1. The van der Waals surface area contributed by atoms with E-state index >= 15 is 0 Å². The van der Waals surface area contributed by atoms with Crippen LogP contribution in [0.5, 0.6) is 0 Å². The minimum Gasteiger partial charge on any atom is -0.394 e. The predicted octanol–water partition coefficient (Wildman–Crippen LogP) is 2.17. The molecule has 0 amide bonds. The zero-order chi connectivity index (χ0) is 13.0. The smallest absolute Gasteiger partial charge is 0.103 e. The first kappa shape index (κ1) is 13.2. The fourth-order valence-corrected chi connectivity index (χ4v) is 2.33. The van der Waals surface area contributed by atoms with Crippen molar-refractivity contribution in [1.82, 2.24) is 0 Å². The number of aliphatic hydroxyl groups excluding tert-OH is 1. The van der Waals surface area contributed by atoms with E-state index in [1.807, 2.05) is 0 Å². The van der Waals surface area contributed by atoms with Crippen LogP contribution in [-0.4, -0.2) is 30.5 Å². The highest BCUT2D eigenvalue weighted by atomic mass is 35.5. The Balaban J connectivity index is 2.27. The molecule has 5 heteroatoms. The van der Waals surface area contributed by atoms with Crippen molar-refractivity contribution in [2.45, 2.75) is 18.4 Å². The van der Waals surface area contributed by atoms with E-state index < -0.39 is 5.54 Å². The normalized spacial score (nSPS) is 18.1. The van der Waals surface area contributed by atoms with Crippen molar-refractivity contribution in [3.63, 3.8) is 0 Å². The van der Waals surface area contributed by atoms with Crippen LogP contribution in [-0.2, 0) is 4.74 Å². The fourth-order valence-electron chi connectivity index (χ4n) is 2.11. The maximum atomic E-state index is 9.60. The van der Waals surface area contributed by atoms with E-state index in [9.17, 15) is 5.11 Å². The summed E-state index contributed by atoms with van der Waals surface area (Å²) >= 11 is 5.99. The average Bonchev–Trinajstić information content (AvgIpc) is 2.40. The van der Waals surface area contributed by atoms with Gasteiger partial charge in [0.1, 0.15) is 6.07 Å². The van der Waals surface area contributed by atoms with E-state index in [1.165, 1.54) is 0 Å². The summed E-state index contributed by atoms with van der Waals surface area (Å²) in [5, 5.41) is 22.4. The van der Waals surface area contributed by atoms with Crippen LogP contribution in [0.25, 0.3) is 0 Å². The Morgan fingerprint density at radius 1 is 1.44 bits per heavy atom. The van der Waals surface area contributed by atoms with Gasteiger partial charge in [0, 0.05) is 13.2 Å². The van der Waals surface area contributed by atoms with E-state index in [-0.39, 0.29) is 6.61 Å². The van der Waals surface area contributed by atoms with E-state index in [0.717, 1.165) is 0 Å². The monoisotopic (exact) mass is 266 g/mol. The Morgan fingerprint density at radius 3 is 2.78 bits per heavy atom. The van der Waals surface area contributed by atoms with Gasteiger partial charge >= 0.3 is 0 Å². The van der Waals surface area contributed by atoms with E-state index in [4.69, 9.17) is 21.6 Å². The van der Waals surface area contributed by atoms with Gasteiger partial charge < -0.3 is 15.2 Å². The summed E-state index contributed by atoms with van der Waals surface area (Å²) in [5.74, 6) is 0. The number of nitriles is 1. The molecule has 0 radical (unpaired) electrons. The third-order valence-corrected chi connectivity index (χ3v) is 3.59. The molecule has 2 N–H and O–H groups in total. The number of hydrogen-bond donors (Lipinski definition) is 2. The SMILES string of the molecule is N#Cc1c(Cl)cccc1NC1(CO)CCOCC1. The van der Waals surface area contributed by atoms with Crippen molar-refractivity contribution in [2.75, 3.05) is 25.1 Å². The van der Waals surface area contributed by atoms with Crippen molar-refractivity contribution in [3.8, 4) is 6.07 Å². The highest BCUT2D eigenvalue weighted by Crippen LogP contribution is 2.30. The molecule has 0 spiro atoms. The molecule has 1 aliphatic heterocycles. The van der Waals surface area contributed by atoms with Gasteiger partial charge in [-0.25, -0.2) is 0 Å². The highest BCUT2D eigenvalue weighted by Gasteiger charge is 2.32. The van der Waals surface area contributed by atoms with Crippen LogP contribution in [0.3, 0.4) is 0 Å². The lowest BCUT2D eigenvalue weighted by Crippen LogP contribution is -2.47. The number of rotatable bonds is 3. The Kier molecular flexibility index (Phi) is 4.07. The van der Waals surface area contributed by atoms with Gasteiger partial charge in [-0.2, -0.15) is 5.26 Å². The number of halogens is 1. The number of anilines is 1. The summed E-state index contributed by atoms with van der Waals surface area (Å²) in [6.07, 6.45) is 1.42. The summed E-state index contributed by atoms with van der Waals surface area (Å²) in [7, 11) is 0. The molecule has 0 aromatic heterocycles. The van der Waals surface area contributed by atoms with Gasteiger partial charge in [0.25, 0.3) is 0 Å². The van der Waals surface area contributed by atoms with Gasteiger partial charge in [0.15, 0.2) is 0 Å². The molecule has 1 heterocycles. The van der Waals surface area contributed by atoms with Crippen molar-refractivity contribution in [3.05, 3.63) is 28.8 Å². The molecule has 0 unspecified atom stereocenters. The lowest BCUT2D eigenvalue weighted by Gasteiger charge is -2.37. The molecule has 0 aliphatic carbocycles. The Labute approximate surface area is 111 Å². The molecule has 2 rings (SSSR count). The molecule has 96 valence electrons. The summed E-state index contributed by atoms with van der Waals surface area (Å²) in [5.41, 5.74) is 0.661. The van der Waals surface area contributed by atoms with Gasteiger partial charge in [0.05, 0.1) is 28.4 Å². The summed E-state index contributed by atoms with van der Waals surface area (Å²) in [6.45, 7) is 1.22. The van der Waals surface area contributed by atoms with Crippen LogP contribution >= 0.6 is 11.6 Å². The van der Waals surface area contributed by atoms with Crippen molar-refractivity contribution in [2.24, 2.45) is 0 Å². The quantitative estimate of drug-likeness (QED) is 0.880. The summed E-state index contributed by atoms with van der Waals surface area (Å²) in [4.78, 5) is 0. The molecular weight excluding hydrogens is 252 g/mol. The third-order valence-electron chi connectivity index (χ3n) is 3.28. The van der Waals surface area contributed by atoms with Crippen LogP contribution < -0.4 is 5.32 Å². The molecular formula is C13H15ClN2O2. The van der Waals surface area contributed by atoms with Crippen molar-refractivity contribution in [1.29, 1.82) is 5.26 Å². The van der Waals surface area contributed by atoms with E-state index in [1.54, 1.807) is 18.2 Å². The number of ether oxygens (including phenoxy) is 1. The lowest BCUT2D eigenvalue weighted by molar-refractivity contribution is 0.0380. The second kappa shape index (κ2) is 5.57. The molecule has 0 bridgehead atoms. The van der Waals surface area contributed by atoms with Crippen molar-refractivity contribution < 1.29 is 9.84 Å². The molecule has 1 aromatic carbocycles. The fraction of sp³-hybridized carbons (Fsp3) is 0.462. The molecule has 0 saturated carbocycles. The van der Waals surface area contributed by atoms with Crippen LogP contribution in [0, 0.1) is 11.3 Å². The maximum absolute atomic E-state index is 9.60. The Hall–Kier alpha value is -1.28.